The molecule has 0 saturated carbocycles. The lowest BCUT2D eigenvalue weighted by Gasteiger charge is -2.14. The second-order valence-corrected chi connectivity index (χ2v) is 6.04. The normalized spacial score (nSPS) is 10.2. The van der Waals surface area contributed by atoms with Gasteiger partial charge in [-0.3, -0.25) is 9.78 Å². The van der Waals surface area contributed by atoms with Crippen LogP contribution in [0.4, 0.5) is 5.69 Å². The number of methoxy groups -OCH3 is 3. The molecule has 9 heteroatoms. The largest absolute Gasteiger partial charge is 0.493 e. The molecule has 30 heavy (non-hydrogen) atoms. The Bertz CT molecular complexity index is 1070. The second kappa shape index (κ2) is 8.91. The van der Waals surface area contributed by atoms with Gasteiger partial charge in [0.25, 0.3) is 5.91 Å². The molecule has 0 bridgehead atoms. The summed E-state index contributed by atoms with van der Waals surface area (Å²) in [6.45, 7) is 0. The summed E-state index contributed by atoms with van der Waals surface area (Å²) in [4.78, 5) is 31.8. The van der Waals surface area contributed by atoms with Crippen molar-refractivity contribution >= 4 is 17.6 Å². The van der Waals surface area contributed by atoms with E-state index in [2.05, 4.69) is 15.3 Å². The zero-order valence-electron chi connectivity index (χ0n) is 16.5. The Kier molecular flexibility index (Phi) is 6.11. The minimum absolute atomic E-state index is 0.181. The van der Waals surface area contributed by atoms with E-state index in [9.17, 15) is 9.59 Å². The molecule has 0 saturated heterocycles. The Morgan fingerprint density at radius 3 is 2.27 bits per heavy atom. The molecule has 0 aliphatic carbocycles. The highest BCUT2D eigenvalue weighted by Gasteiger charge is 2.16. The Morgan fingerprint density at radius 2 is 1.67 bits per heavy atom. The number of rotatable bonds is 7. The van der Waals surface area contributed by atoms with Gasteiger partial charge in [-0.05, 0) is 12.1 Å². The molecule has 0 unspecified atom stereocenters. The molecule has 0 radical (unpaired) electrons. The monoisotopic (exact) mass is 409 g/mol. The molecule has 0 aliphatic rings. The van der Waals surface area contributed by atoms with Crippen LogP contribution in [0.5, 0.6) is 17.2 Å². The minimum atomic E-state index is -1.18. The smallest absolute Gasteiger partial charge is 0.356 e. The van der Waals surface area contributed by atoms with Gasteiger partial charge in [-0.15, -0.1) is 0 Å². The van der Waals surface area contributed by atoms with E-state index in [0.717, 1.165) is 6.20 Å². The number of carboxylic acid groups (broad SMARTS) is 1. The number of hydrogen-bond donors (Lipinski definition) is 2. The molecule has 3 rings (SSSR count). The average Bonchev–Trinajstić information content (AvgIpc) is 2.78. The van der Waals surface area contributed by atoms with Gasteiger partial charge in [0.15, 0.2) is 17.2 Å². The zero-order chi connectivity index (χ0) is 21.7. The number of aromatic nitrogens is 2. The summed E-state index contributed by atoms with van der Waals surface area (Å²) in [7, 11) is 4.46. The molecule has 154 valence electrons. The van der Waals surface area contributed by atoms with E-state index in [-0.39, 0.29) is 11.6 Å². The number of amides is 1. The fourth-order valence-corrected chi connectivity index (χ4v) is 2.78. The molecule has 2 N–H and O–H groups in total. The lowest BCUT2D eigenvalue weighted by atomic mass is 10.1. The molecule has 1 aromatic heterocycles. The van der Waals surface area contributed by atoms with Crippen LogP contribution in [-0.2, 0) is 0 Å². The number of nitrogens with zero attached hydrogens (tertiary/aromatic N) is 2. The van der Waals surface area contributed by atoms with E-state index in [1.54, 1.807) is 36.4 Å². The number of carboxylic acids is 1. The standard InChI is InChI=1S/C21H19N3O6/c1-28-17-8-14(9-18(29-2)19(17)30-3)23-20(25)13-6-4-5-12(7-13)15-10-22-11-16(24-15)21(26)27/h4-11H,1-3H3,(H,23,25)(H,26,27). The molecule has 2 aromatic carbocycles. The van der Waals surface area contributed by atoms with Crippen molar-refractivity contribution in [2.45, 2.75) is 0 Å². The van der Waals surface area contributed by atoms with Crippen molar-refractivity contribution in [3.8, 4) is 28.5 Å². The summed E-state index contributed by atoms with van der Waals surface area (Å²) in [6.07, 6.45) is 2.59. The van der Waals surface area contributed by atoms with Crippen LogP contribution in [0.3, 0.4) is 0 Å². The van der Waals surface area contributed by atoms with E-state index >= 15 is 0 Å². The highest BCUT2D eigenvalue weighted by Crippen LogP contribution is 2.40. The maximum atomic E-state index is 12.8. The molecule has 0 fully saturated rings. The number of anilines is 1. The van der Waals surface area contributed by atoms with Gasteiger partial charge in [-0.1, -0.05) is 12.1 Å². The van der Waals surface area contributed by atoms with Gasteiger partial charge in [-0.2, -0.15) is 0 Å². The average molecular weight is 409 g/mol. The van der Waals surface area contributed by atoms with Crippen LogP contribution in [0.2, 0.25) is 0 Å². The molecular formula is C21H19N3O6. The quantitative estimate of drug-likeness (QED) is 0.611. The number of ether oxygens (including phenoxy) is 3. The summed E-state index contributed by atoms with van der Waals surface area (Å²) < 4.78 is 15.9. The van der Waals surface area contributed by atoms with E-state index in [1.165, 1.54) is 27.5 Å². The third-order valence-electron chi connectivity index (χ3n) is 4.20. The summed E-state index contributed by atoms with van der Waals surface area (Å²) in [5.74, 6) is -0.339. The fraction of sp³-hybridized carbons (Fsp3) is 0.143. The van der Waals surface area contributed by atoms with E-state index in [1.807, 2.05) is 0 Å². The topological polar surface area (TPSA) is 120 Å². The first kappa shape index (κ1) is 20.6. The SMILES string of the molecule is COc1cc(NC(=O)c2cccc(-c3cncc(C(=O)O)n3)c2)cc(OC)c1OC. The molecule has 9 nitrogen and oxygen atoms in total. The Morgan fingerprint density at radius 1 is 0.967 bits per heavy atom. The van der Waals surface area contributed by atoms with Crippen LogP contribution in [-0.4, -0.2) is 48.3 Å². The van der Waals surface area contributed by atoms with Crippen molar-refractivity contribution in [3.63, 3.8) is 0 Å². The maximum Gasteiger partial charge on any atom is 0.356 e. The molecule has 3 aromatic rings. The predicted molar refractivity (Wildman–Crippen MR) is 108 cm³/mol. The number of aromatic carboxylic acids is 1. The lowest BCUT2D eigenvalue weighted by Crippen LogP contribution is -2.12. The molecule has 0 spiro atoms. The van der Waals surface area contributed by atoms with Crippen LogP contribution in [0.25, 0.3) is 11.3 Å². The van der Waals surface area contributed by atoms with Crippen LogP contribution >= 0.6 is 0 Å². The third-order valence-corrected chi connectivity index (χ3v) is 4.20. The van der Waals surface area contributed by atoms with E-state index in [4.69, 9.17) is 19.3 Å². The first-order valence-electron chi connectivity index (χ1n) is 8.74. The van der Waals surface area contributed by atoms with Gasteiger partial charge in [0.2, 0.25) is 5.75 Å². The second-order valence-electron chi connectivity index (χ2n) is 6.04. The van der Waals surface area contributed by atoms with Crippen LogP contribution < -0.4 is 19.5 Å². The predicted octanol–water partition coefficient (Wildman–Crippen LogP) is 3.12. The van der Waals surface area contributed by atoms with Gasteiger partial charge in [-0.25, -0.2) is 9.78 Å². The number of benzene rings is 2. The Hall–Kier alpha value is -4.14. The Labute approximate surface area is 172 Å². The summed E-state index contributed by atoms with van der Waals surface area (Å²) in [5.41, 5.74) is 1.52. The van der Waals surface area contributed by atoms with Gasteiger partial charge in [0.05, 0.1) is 39.4 Å². The number of hydrogen-bond acceptors (Lipinski definition) is 7. The van der Waals surface area contributed by atoms with Crippen LogP contribution in [0, 0.1) is 0 Å². The first-order valence-corrected chi connectivity index (χ1v) is 8.74. The number of carbonyl (C=O) groups excluding carboxylic acids is 1. The third kappa shape index (κ3) is 4.30. The first-order chi connectivity index (χ1) is 14.5. The highest BCUT2D eigenvalue weighted by molar-refractivity contribution is 6.05. The number of carbonyl (C=O) groups is 2. The van der Waals surface area contributed by atoms with Crippen molar-refractivity contribution in [3.05, 3.63) is 60.0 Å². The van der Waals surface area contributed by atoms with Gasteiger partial charge >= 0.3 is 5.97 Å². The summed E-state index contributed by atoms with van der Waals surface area (Å²) in [5, 5.41) is 11.9. The van der Waals surface area contributed by atoms with Crippen molar-refractivity contribution in [2.75, 3.05) is 26.6 Å². The molecule has 1 heterocycles. The highest BCUT2D eigenvalue weighted by atomic mass is 16.5. The molecule has 0 aliphatic heterocycles. The van der Waals surface area contributed by atoms with Gasteiger partial charge in [0.1, 0.15) is 0 Å². The summed E-state index contributed by atoms with van der Waals surface area (Å²) in [6, 6.07) is 9.85. The van der Waals surface area contributed by atoms with Crippen molar-refractivity contribution in [1.82, 2.24) is 9.97 Å². The van der Waals surface area contributed by atoms with Crippen molar-refractivity contribution in [1.29, 1.82) is 0 Å². The lowest BCUT2D eigenvalue weighted by molar-refractivity contribution is 0.0690. The van der Waals surface area contributed by atoms with Crippen molar-refractivity contribution in [2.24, 2.45) is 0 Å². The van der Waals surface area contributed by atoms with Crippen LogP contribution in [0.15, 0.2) is 48.8 Å². The Balaban J connectivity index is 1.89. The van der Waals surface area contributed by atoms with Crippen molar-refractivity contribution < 1.29 is 28.9 Å². The van der Waals surface area contributed by atoms with Gasteiger partial charge < -0.3 is 24.6 Å². The fourth-order valence-electron chi connectivity index (χ4n) is 2.78. The van der Waals surface area contributed by atoms with Gasteiger partial charge in [0, 0.05) is 28.9 Å². The molecular weight excluding hydrogens is 390 g/mol. The van der Waals surface area contributed by atoms with E-state index in [0.29, 0.717) is 39.8 Å². The summed E-state index contributed by atoms with van der Waals surface area (Å²) >= 11 is 0. The van der Waals surface area contributed by atoms with Crippen LogP contribution in [0.1, 0.15) is 20.8 Å². The molecule has 0 atom stereocenters. The number of nitrogens with one attached hydrogen (secondary N) is 1. The van der Waals surface area contributed by atoms with E-state index < -0.39 is 5.97 Å². The molecule has 1 amide bonds. The minimum Gasteiger partial charge on any atom is -0.493 e. The zero-order valence-corrected chi connectivity index (χ0v) is 16.5. The maximum absolute atomic E-state index is 12.8.